The van der Waals surface area contributed by atoms with Crippen molar-refractivity contribution < 1.29 is 4.79 Å². The van der Waals surface area contributed by atoms with Gasteiger partial charge in [-0.25, -0.2) is 4.98 Å². The molecule has 3 heterocycles. The molecule has 0 atom stereocenters. The van der Waals surface area contributed by atoms with Crippen LogP contribution in [-0.2, 0) is 0 Å². The number of nitrogens with one attached hydrogen (secondary N) is 1. The van der Waals surface area contributed by atoms with Crippen molar-refractivity contribution in [2.75, 3.05) is 5.75 Å². The summed E-state index contributed by atoms with van der Waals surface area (Å²) < 4.78 is 1.99. The molecule has 0 saturated heterocycles. The predicted molar refractivity (Wildman–Crippen MR) is 88.5 cm³/mol. The third-order valence-electron chi connectivity index (χ3n) is 3.63. The van der Waals surface area contributed by atoms with Gasteiger partial charge >= 0.3 is 0 Å². The van der Waals surface area contributed by atoms with Gasteiger partial charge in [0.05, 0.1) is 17.5 Å². The first kappa shape index (κ1) is 13.2. The number of hydrogen-bond donors (Lipinski definition) is 1. The first-order valence-electron chi connectivity index (χ1n) is 6.97. The summed E-state index contributed by atoms with van der Waals surface area (Å²) >= 11 is 1.46. The molecule has 4 aromatic rings. The van der Waals surface area contributed by atoms with Crippen LogP contribution in [0.15, 0.2) is 66.2 Å². The van der Waals surface area contributed by atoms with Crippen LogP contribution in [0.4, 0.5) is 0 Å². The Morgan fingerprint density at radius 2 is 2.05 bits per heavy atom. The molecule has 1 aromatic carbocycles. The quantitative estimate of drug-likeness (QED) is 0.461. The second-order valence-corrected chi connectivity index (χ2v) is 5.94. The van der Waals surface area contributed by atoms with Gasteiger partial charge in [-0.1, -0.05) is 36.0 Å². The SMILES string of the molecule is O=C(CSc1ncc2ccccn12)c1c[nH]c2ccccc12. The van der Waals surface area contributed by atoms with E-state index in [0.717, 1.165) is 27.1 Å². The number of nitrogens with zero attached hydrogens (tertiary/aromatic N) is 2. The third kappa shape index (κ3) is 2.19. The van der Waals surface area contributed by atoms with Crippen LogP contribution in [-0.4, -0.2) is 25.9 Å². The van der Waals surface area contributed by atoms with Gasteiger partial charge in [0, 0.05) is 28.9 Å². The zero-order valence-corrected chi connectivity index (χ0v) is 12.5. The van der Waals surface area contributed by atoms with E-state index < -0.39 is 0 Å². The van der Waals surface area contributed by atoms with E-state index in [-0.39, 0.29) is 5.78 Å². The molecule has 4 nitrogen and oxygen atoms in total. The van der Waals surface area contributed by atoms with Crippen LogP contribution in [0.2, 0.25) is 0 Å². The normalized spacial score (nSPS) is 11.3. The van der Waals surface area contributed by atoms with Crippen molar-refractivity contribution in [1.29, 1.82) is 0 Å². The zero-order valence-electron chi connectivity index (χ0n) is 11.7. The Balaban J connectivity index is 1.57. The Kier molecular flexibility index (Phi) is 3.20. The fourth-order valence-corrected chi connectivity index (χ4v) is 3.38. The molecule has 3 aromatic heterocycles. The number of H-pyrrole nitrogens is 1. The molecule has 0 amide bonds. The summed E-state index contributed by atoms with van der Waals surface area (Å²) in [5, 5.41) is 1.81. The Bertz CT molecular complexity index is 970. The number of aromatic amines is 1. The summed E-state index contributed by atoms with van der Waals surface area (Å²) in [5.74, 6) is 0.477. The van der Waals surface area contributed by atoms with Gasteiger partial charge in [-0.15, -0.1) is 0 Å². The van der Waals surface area contributed by atoms with E-state index in [1.165, 1.54) is 11.8 Å². The molecule has 0 spiro atoms. The fraction of sp³-hybridized carbons (Fsp3) is 0.0588. The number of pyridine rings is 1. The molecule has 0 unspecified atom stereocenters. The lowest BCUT2D eigenvalue weighted by molar-refractivity contribution is 0.102. The molecule has 0 aliphatic rings. The maximum Gasteiger partial charge on any atom is 0.175 e. The molecule has 5 heteroatoms. The number of carbonyl (C=O) groups excluding carboxylic acids is 1. The minimum Gasteiger partial charge on any atom is -0.360 e. The van der Waals surface area contributed by atoms with E-state index >= 15 is 0 Å². The highest BCUT2D eigenvalue weighted by atomic mass is 32.2. The minimum absolute atomic E-state index is 0.107. The molecule has 1 N–H and O–H groups in total. The van der Waals surface area contributed by atoms with Crippen LogP contribution in [0.25, 0.3) is 16.4 Å². The summed E-state index contributed by atoms with van der Waals surface area (Å²) in [6.07, 6.45) is 5.57. The van der Waals surface area contributed by atoms with Crippen LogP contribution in [0.5, 0.6) is 0 Å². The number of ketones is 1. The zero-order chi connectivity index (χ0) is 14.9. The highest BCUT2D eigenvalue weighted by molar-refractivity contribution is 7.99. The van der Waals surface area contributed by atoms with Gasteiger partial charge in [-0.2, -0.15) is 0 Å². The van der Waals surface area contributed by atoms with Crippen LogP contribution in [0, 0.1) is 0 Å². The summed E-state index contributed by atoms with van der Waals surface area (Å²) in [6, 6.07) is 13.8. The molecule has 0 saturated carbocycles. The second kappa shape index (κ2) is 5.35. The molecule has 0 aliphatic heterocycles. The number of hydrogen-bond acceptors (Lipinski definition) is 3. The Hall–Kier alpha value is -2.53. The van der Waals surface area contributed by atoms with Gasteiger partial charge in [-0.3, -0.25) is 9.20 Å². The summed E-state index contributed by atoms with van der Waals surface area (Å²) in [6.45, 7) is 0. The Morgan fingerprint density at radius 1 is 1.18 bits per heavy atom. The van der Waals surface area contributed by atoms with Gasteiger partial charge in [-0.05, 0) is 18.2 Å². The van der Waals surface area contributed by atoms with Crippen molar-refractivity contribution in [2.45, 2.75) is 5.16 Å². The second-order valence-electron chi connectivity index (χ2n) is 5.00. The molecule has 0 fully saturated rings. The van der Waals surface area contributed by atoms with Gasteiger partial charge in [0.15, 0.2) is 10.9 Å². The minimum atomic E-state index is 0.107. The molecule has 0 aliphatic carbocycles. The summed E-state index contributed by atoms with van der Waals surface area (Å²) in [5.41, 5.74) is 2.76. The number of benzene rings is 1. The molecule has 108 valence electrons. The van der Waals surface area contributed by atoms with Crippen LogP contribution in [0.1, 0.15) is 10.4 Å². The van der Waals surface area contributed by atoms with E-state index in [0.29, 0.717) is 5.75 Å². The number of Topliss-reactive ketones (excluding diaryl/α,β-unsaturated/α-hetero) is 1. The lowest BCUT2D eigenvalue weighted by Crippen LogP contribution is -2.02. The summed E-state index contributed by atoms with van der Waals surface area (Å²) in [7, 11) is 0. The number of fused-ring (bicyclic) bond motifs is 2. The Morgan fingerprint density at radius 3 is 3.00 bits per heavy atom. The molecular formula is C17H13N3OS. The average molecular weight is 307 g/mol. The smallest absolute Gasteiger partial charge is 0.175 e. The average Bonchev–Trinajstić information content (AvgIpc) is 3.17. The highest BCUT2D eigenvalue weighted by Gasteiger charge is 2.13. The van der Waals surface area contributed by atoms with Crippen LogP contribution in [0.3, 0.4) is 0 Å². The maximum atomic E-state index is 12.5. The van der Waals surface area contributed by atoms with Gasteiger partial charge in [0.1, 0.15) is 0 Å². The topological polar surface area (TPSA) is 50.2 Å². The van der Waals surface area contributed by atoms with Crippen molar-refractivity contribution in [2.24, 2.45) is 0 Å². The van der Waals surface area contributed by atoms with Crippen molar-refractivity contribution in [1.82, 2.24) is 14.4 Å². The number of para-hydroxylation sites is 1. The van der Waals surface area contributed by atoms with E-state index in [1.54, 1.807) is 6.20 Å². The first-order valence-corrected chi connectivity index (χ1v) is 7.96. The molecule has 0 radical (unpaired) electrons. The van der Waals surface area contributed by atoms with Crippen LogP contribution >= 0.6 is 11.8 Å². The number of imidazole rings is 1. The largest absolute Gasteiger partial charge is 0.360 e. The van der Waals surface area contributed by atoms with E-state index in [1.807, 2.05) is 59.3 Å². The maximum absolute atomic E-state index is 12.5. The van der Waals surface area contributed by atoms with Crippen molar-refractivity contribution in [3.8, 4) is 0 Å². The monoisotopic (exact) mass is 307 g/mol. The fourth-order valence-electron chi connectivity index (χ4n) is 2.54. The number of aromatic nitrogens is 3. The summed E-state index contributed by atoms with van der Waals surface area (Å²) in [4.78, 5) is 20.0. The van der Waals surface area contributed by atoms with Crippen molar-refractivity contribution in [3.63, 3.8) is 0 Å². The number of thioether (sulfide) groups is 1. The molecular weight excluding hydrogens is 294 g/mol. The third-order valence-corrected chi connectivity index (χ3v) is 4.59. The molecule has 4 rings (SSSR count). The van der Waals surface area contributed by atoms with E-state index in [9.17, 15) is 4.79 Å². The Labute approximate surface area is 131 Å². The van der Waals surface area contributed by atoms with E-state index in [4.69, 9.17) is 0 Å². The van der Waals surface area contributed by atoms with Crippen LogP contribution < -0.4 is 0 Å². The van der Waals surface area contributed by atoms with Gasteiger partial charge in [0.25, 0.3) is 0 Å². The first-order chi connectivity index (χ1) is 10.8. The molecule has 0 bridgehead atoms. The number of carbonyl (C=O) groups is 1. The standard InChI is InChI=1S/C17H13N3OS/c21-16(14-10-18-15-7-2-1-6-13(14)15)11-22-17-19-9-12-5-3-4-8-20(12)17/h1-10,18H,11H2. The van der Waals surface area contributed by atoms with Crippen molar-refractivity contribution >= 4 is 34.0 Å². The predicted octanol–water partition coefficient (Wildman–Crippen LogP) is 3.79. The van der Waals surface area contributed by atoms with Gasteiger partial charge in [0.2, 0.25) is 0 Å². The van der Waals surface area contributed by atoms with E-state index in [2.05, 4.69) is 9.97 Å². The molecule has 22 heavy (non-hydrogen) atoms. The number of rotatable bonds is 4. The van der Waals surface area contributed by atoms with Gasteiger partial charge < -0.3 is 4.98 Å². The highest BCUT2D eigenvalue weighted by Crippen LogP contribution is 2.23. The van der Waals surface area contributed by atoms with Crippen molar-refractivity contribution in [3.05, 3.63) is 66.6 Å². The lowest BCUT2D eigenvalue weighted by Gasteiger charge is -2.01. The lowest BCUT2D eigenvalue weighted by atomic mass is 10.1.